The van der Waals surface area contributed by atoms with Crippen molar-refractivity contribution in [2.45, 2.75) is 0 Å². The molecule has 0 saturated carbocycles. The summed E-state index contributed by atoms with van der Waals surface area (Å²) < 4.78 is 16.9. The molecule has 0 saturated heterocycles. The van der Waals surface area contributed by atoms with Gasteiger partial charge in [-0.3, -0.25) is 0 Å². The van der Waals surface area contributed by atoms with Gasteiger partial charge in [0.25, 0.3) is 0 Å². The molecule has 1 aliphatic heterocycles. The molecule has 0 radical (unpaired) electrons. The van der Waals surface area contributed by atoms with E-state index in [1.54, 1.807) is 0 Å². The van der Waals surface area contributed by atoms with Gasteiger partial charge >= 0.3 is 5.97 Å². The van der Waals surface area contributed by atoms with Crippen molar-refractivity contribution >= 4 is 27.4 Å². The molecule has 0 spiro atoms. The van der Waals surface area contributed by atoms with E-state index in [0.29, 0.717) is 18.0 Å². The van der Waals surface area contributed by atoms with Gasteiger partial charge in [0.05, 0.1) is 0 Å². The van der Waals surface area contributed by atoms with Crippen molar-refractivity contribution in [2.75, 3.05) is 34.0 Å². The van der Waals surface area contributed by atoms with Crippen molar-refractivity contribution in [3.63, 3.8) is 0 Å². The lowest BCUT2D eigenvalue weighted by Crippen LogP contribution is -2.19. The number of nitrogens with zero attached hydrogens (tertiary/aromatic N) is 1. The average Bonchev–Trinajstić information content (AvgIpc) is 2.99. The summed E-state index contributed by atoms with van der Waals surface area (Å²) in [4.78, 5) is 14.5. The van der Waals surface area contributed by atoms with Crippen LogP contribution in [-0.2, 0) is 4.74 Å². The third kappa shape index (κ3) is 2.57. The molecular weight excluding hydrogens is 278 g/mol. The molecule has 0 N–H and O–H groups in total. The number of hydrogen-bond acceptors (Lipinski definition) is 6. The number of likely N-dealkylation sites (N-methyl/N-ethyl adjacent to an activating group) is 1. The summed E-state index contributed by atoms with van der Waals surface area (Å²) in [7, 11) is 3.88. The normalized spacial score (nSPS) is 13.2. The average molecular weight is 293 g/mol. The fourth-order valence-corrected chi connectivity index (χ4v) is 2.89. The van der Waals surface area contributed by atoms with Crippen molar-refractivity contribution in [3.8, 4) is 11.5 Å². The van der Waals surface area contributed by atoms with Crippen LogP contribution >= 0.6 is 11.3 Å². The molecule has 0 fully saturated rings. The molecule has 5 nitrogen and oxygen atoms in total. The Morgan fingerprint density at radius 3 is 2.80 bits per heavy atom. The Hall–Kier alpha value is -1.79. The number of carbonyl (C=O) groups is 1. The maximum Gasteiger partial charge on any atom is 0.348 e. The molecule has 2 heterocycles. The Morgan fingerprint density at radius 2 is 2.05 bits per heavy atom. The summed E-state index contributed by atoms with van der Waals surface area (Å²) in [5.74, 6) is 1.17. The van der Waals surface area contributed by atoms with Gasteiger partial charge in [-0.05, 0) is 31.6 Å². The highest BCUT2D eigenvalue weighted by atomic mass is 32.1. The smallest absolute Gasteiger partial charge is 0.348 e. The number of carbonyl (C=O) groups excluding carboxylic acids is 1. The molecule has 0 atom stereocenters. The fourth-order valence-electron chi connectivity index (χ4n) is 1.92. The first kappa shape index (κ1) is 13.2. The van der Waals surface area contributed by atoms with E-state index in [-0.39, 0.29) is 12.8 Å². The van der Waals surface area contributed by atoms with Crippen molar-refractivity contribution < 1.29 is 19.0 Å². The Labute approximate surface area is 120 Å². The van der Waals surface area contributed by atoms with Crippen molar-refractivity contribution in [3.05, 3.63) is 23.1 Å². The van der Waals surface area contributed by atoms with Crippen LogP contribution in [0.25, 0.3) is 10.1 Å². The minimum absolute atomic E-state index is 0.256. The van der Waals surface area contributed by atoms with Gasteiger partial charge in [-0.2, -0.15) is 0 Å². The molecular formula is C14H15NO4S. The first-order valence-corrected chi connectivity index (χ1v) is 7.10. The number of benzene rings is 1. The van der Waals surface area contributed by atoms with E-state index in [1.807, 2.05) is 37.2 Å². The van der Waals surface area contributed by atoms with Crippen LogP contribution in [0.4, 0.5) is 0 Å². The van der Waals surface area contributed by atoms with Crippen LogP contribution in [0, 0.1) is 0 Å². The van der Waals surface area contributed by atoms with E-state index in [0.717, 1.165) is 21.6 Å². The van der Waals surface area contributed by atoms with Crippen molar-refractivity contribution in [1.82, 2.24) is 4.90 Å². The topological polar surface area (TPSA) is 48.0 Å². The molecule has 2 aromatic rings. The molecule has 1 aromatic carbocycles. The third-order valence-electron chi connectivity index (χ3n) is 2.98. The second-order valence-electron chi connectivity index (χ2n) is 4.79. The lowest BCUT2D eigenvalue weighted by molar-refractivity contribution is 0.0487. The zero-order chi connectivity index (χ0) is 14.1. The van der Waals surface area contributed by atoms with Gasteiger partial charge in [0, 0.05) is 17.3 Å². The Bertz CT molecular complexity index is 609. The monoisotopic (exact) mass is 293 g/mol. The minimum Gasteiger partial charge on any atom is -0.460 e. The standard InChI is InChI=1S/C14H15NO4S/c1-15(2)3-4-17-14(16)13-6-9-5-10-11(19-8-18-10)7-12(9)20-13/h5-7H,3-4,8H2,1-2H3. The van der Waals surface area contributed by atoms with Crippen LogP contribution in [0.3, 0.4) is 0 Å². The second kappa shape index (κ2) is 5.30. The van der Waals surface area contributed by atoms with E-state index in [9.17, 15) is 4.79 Å². The van der Waals surface area contributed by atoms with E-state index >= 15 is 0 Å². The Balaban J connectivity index is 1.77. The van der Waals surface area contributed by atoms with Crippen molar-refractivity contribution in [2.24, 2.45) is 0 Å². The molecule has 0 unspecified atom stereocenters. The summed E-state index contributed by atoms with van der Waals surface area (Å²) >= 11 is 1.41. The fraction of sp³-hybridized carbons (Fsp3) is 0.357. The molecule has 0 bridgehead atoms. The van der Waals surface area contributed by atoms with Crippen molar-refractivity contribution in [1.29, 1.82) is 0 Å². The molecule has 0 amide bonds. The predicted octanol–water partition coefficient (Wildman–Crippen LogP) is 2.35. The second-order valence-corrected chi connectivity index (χ2v) is 5.88. The van der Waals surface area contributed by atoms with Crippen LogP contribution in [0.15, 0.2) is 18.2 Å². The maximum atomic E-state index is 12.0. The third-order valence-corrected chi connectivity index (χ3v) is 4.06. The molecule has 0 aliphatic carbocycles. The predicted molar refractivity (Wildman–Crippen MR) is 76.8 cm³/mol. The number of thiophene rings is 1. The summed E-state index contributed by atoms with van der Waals surface area (Å²) in [5.41, 5.74) is 0. The zero-order valence-corrected chi connectivity index (χ0v) is 12.2. The number of hydrogen-bond donors (Lipinski definition) is 0. The van der Waals surface area contributed by atoms with Gasteiger partial charge < -0.3 is 19.1 Å². The Morgan fingerprint density at radius 1 is 1.30 bits per heavy atom. The quantitative estimate of drug-likeness (QED) is 0.810. The minimum atomic E-state index is -0.282. The highest BCUT2D eigenvalue weighted by Crippen LogP contribution is 2.39. The number of esters is 1. The largest absolute Gasteiger partial charge is 0.460 e. The lowest BCUT2D eigenvalue weighted by Gasteiger charge is -2.08. The van der Waals surface area contributed by atoms with Crippen LogP contribution in [0.2, 0.25) is 0 Å². The van der Waals surface area contributed by atoms with E-state index in [1.165, 1.54) is 11.3 Å². The summed E-state index contributed by atoms with van der Waals surface area (Å²) in [6, 6.07) is 5.63. The Kier molecular flexibility index (Phi) is 3.50. The molecule has 20 heavy (non-hydrogen) atoms. The number of fused-ring (bicyclic) bond motifs is 2. The SMILES string of the molecule is CN(C)CCOC(=O)c1cc2cc3c(cc2s1)OCO3. The van der Waals surface area contributed by atoms with Gasteiger partial charge in [0.2, 0.25) is 6.79 Å². The van der Waals surface area contributed by atoms with E-state index < -0.39 is 0 Å². The highest BCUT2D eigenvalue weighted by Gasteiger charge is 2.18. The van der Waals surface area contributed by atoms with Gasteiger partial charge in [0.15, 0.2) is 11.5 Å². The first-order chi connectivity index (χ1) is 9.63. The number of ether oxygens (including phenoxy) is 3. The van der Waals surface area contributed by atoms with Gasteiger partial charge in [-0.15, -0.1) is 11.3 Å². The lowest BCUT2D eigenvalue weighted by atomic mass is 10.2. The molecule has 1 aromatic heterocycles. The van der Waals surface area contributed by atoms with Crippen LogP contribution < -0.4 is 9.47 Å². The maximum absolute atomic E-state index is 12.0. The first-order valence-electron chi connectivity index (χ1n) is 6.28. The van der Waals surface area contributed by atoms with Crippen LogP contribution in [0.5, 0.6) is 11.5 Å². The van der Waals surface area contributed by atoms with E-state index in [2.05, 4.69) is 0 Å². The summed E-state index contributed by atoms with van der Waals surface area (Å²) in [6.07, 6.45) is 0. The van der Waals surface area contributed by atoms with Gasteiger partial charge in [-0.25, -0.2) is 4.79 Å². The molecule has 3 rings (SSSR count). The van der Waals surface area contributed by atoms with Crippen LogP contribution in [-0.4, -0.2) is 44.9 Å². The highest BCUT2D eigenvalue weighted by molar-refractivity contribution is 7.20. The molecule has 106 valence electrons. The van der Waals surface area contributed by atoms with Crippen LogP contribution in [0.1, 0.15) is 9.67 Å². The zero-order valence-electron chi connectivity index (χ0n) is 11.3. The number of rotatable bonds is 4. The summed E-state index contributed by atoms with van der Waals surface area (Å²) in [6.45, 7) is 1.36. The van der Waals surface area contributed by atoms with Gasteiger partial charge in [0.1, 0.15) is 11.5 Å². The molecule has 1 aliphatic rings. The summed E-state index contributed by atoms with van der Waals surface area (Å²) in [5, 5.41) is 0.971. The van der Waals surface area contributed by atoms with Gasteiger partial charge in [-0.1, -0.05) is 0 Å². The van der Waals surface area contributed by atoms with E-state index in [4.69, 9.17) is 14.2 Å². The molecule has 6 heteroatoms.